The lowest BCUT2D eigenvalue weighted by molar-refractivity contribution is 0.521. The predicted octanol–water partition coefficient (Wildman–Crippen LogP) is 1.41. The molecule has 28 heavy (non-hydrogen) atoms. The normalized spacial score (nSPS) is 15.0. The summed E-state index contributed by atoms with van der Waals surface area (Å²) in [5.41, 5.74) is 1.32. The second kappa shape index (κ2) is 7.18. The van der Waals surface area contributed by atoms with Crippen LogP contribution in [-0.2, 0) is 13.6 Å². The van der Waals surface area contributed by atoms with E-state index in [0.29, 0.717) is 23.6 Å². The number of nitrogens with zero attached hydrogens (tertiary/aromatic N) is 5. The highest BCUT2D eigenvalue weighted by atomic mass is 16.2. The molecular weight excluding hydrogens is 356 g/mol. The third-order valence-corrected chi connectivity index (χ3v) is 5.22. The molecule has 0 bridgehead atoms. The number of imidazole rings is 1. The molecule has 1 N–H and O–H groups in total. The number of hydrogen-bond acceptors (Lipinski definition) is 5. The summed E-state index contributed by atoms with van der Waals surface area (Å²) in [4.78, 5) is 36.2. The molecule has 1 saturated heterocycles. The molecule has 0 amide bonds. The molecule has 0 atom stereocenters. The number of hydrogen-bond donors (Lipinski definition) is 1. The lowest BCUT2D eigenvalue weighted by Crippen LogP contribution is -2.47. The first-order chi connectivity index (χ1) is 13.5. The van der Waals surface area contributed by atoms with E-state index in [1.807, 2.05) is 10.6 Å². The summed E-state index contributed by atoms with van der Waals surface area (Å²) >= 11 is 0. The second-order valence-electron chi connectivity index (χ2n) is 7.72. The monoisotopic (exact) mass is 382 g/mol. The van der Waals surface area contributed by atoms with Crippen molar-refractivity contribution in [3.8, 4) is 0 Å². The van der Waals surface area contributed by atoms with Crippen LogP contribution in [0.15, 0.2) is 39.9 Å². The Hall–Kier alpha value is -3.03. The van der Waals surface area contributed by atoms with Crippen molar-refractivity contribution in [3.63, 3.8) is 0 Å². The highest BCUT2D eigenvalue weighted by molar-refractivity contribution is 5.74. The number of piperazine rings is 1. The van der Waals surface area contributed by atoms with E-state index in [9.17, 15) is 9.59 Å². The van der Waals surface area contributed by atoms with Crippen molar-refractivity contribution in [1.82, 2.24) is 19.1 Å². The third kappa shape index (κ3) is 3.19. The summed E-state index contributed by atoms with van der Waals surface area (Å²) < 4.78 is 3.38. The molecule has 8 heteroatoms. The van der Waals surface area contributed by atoms with Gasteiger partial charge in [-0.2, -0.15) is 4.98 Å². The molecule has 0 aliphatic carbocycles. The van der Waals surface area contributed by atoms with Crippen molar-refractivity contribution in [2.75, 3.05) is 36.0 Å². The third-order valence-electron chi connectivity index (χ3n) is 5.22. The van der Waals surface area contributed by atoms with Gasteiger partial charge < -0.3 is 14.4 Å². The van der Waals surface area contributed by atoms with E-state index in [0.717, 1.165) is 32.1 Å². The molecule has 0 saturated carbocycles. The minimum atomic E-state index is -0.438. The number of para-hydroxylation sites is 1. The molecule has 1 aliphatic rings. The fourth-order valence-corrected chi connectivity index (χ4v) is 3.81. The van der Waals surface area contributed by atoms with Crippen LogP contribution in [0.1, 0.15) is 13.8 Å². The van der Waals surface area contributed by atoms with Crippen LogP contribution >= 0.6 is 0 Å². The van der Waals surface area contributed by atoms with Crippen LogP contribution in [0.4, 0.5) is 11.6 Å². The minimum absolute atomic E-state index is 0.346. The zero-order valence-corrected chi connectivity index (χ0v) is 16.6. The smallest absolute Gasteiger partial charge is 0.329 e. The topological polar surface area (TPSA) is 79.2 Å². The summed E-state index contributed by atoms with van der Waals surface area (Å²) in [5.74, 6) is 1.11. The van der Waals surface area contributed by atoms with Gasteiger partial charge in [-0.1, -0.05) is 32.0 Å². The molecule has 0 spiro atoms. The fraction of sp³-hybridized carbons (Fsp3) is 0.450. The van der Waals surface area contributed by atoms with Crippen LogP contribution in [0, 0.1) is 5.92 Å². The lowest BCUT2D eigenvalue weighted by atomic mass is 10.2. The molecule has 148 valence electrons. The van der Waals surface area contributed by atoms with E-state index in [2.05, 4.69) is 52.9 Å². The van der Waals surface area contributed by atoms with E-state index in [-0.39, 0.29) is 5.56 Å². The van der Waals surface area contributed by atoms with Crippen LogP contribution in [0.5, 0.6) is 0 Å². The Bertz CT molecular complexity index is 1090. The van der Waals surface area contributed by atoms with Gasteiger partial charge in [0.05, 0.1) is 0 Å². The first-order valence-electron chi connectivity index (χ1n) is 9.70. The van der Waals surface area contributed by atoms with E-state index >= 15 is 0 Å². The number of aryl methyl sites for hydroxylation is 1. The lowest BCUT2D eigenvalue weighted by Gasteiger charge is -2.36. The zero-order valence-electron chi connectivity index (χ0n) is 16.6. The Morgan fingerprint density at radius 2 is 1.68 bits per heavy atom. The number of nitrogens with one attached hydrogen (secondary N) is 1. The van der Waals surface area contributed by atoms with Crippen molar-refractivity contribution in [3.05, 3.63) is 51.2 Å². The number of H-pyrrole nitrogens is 1. The van der Waals surface area contributed by atoms with Crippen LogP contribution in [0.3, 0.4) is 0 Å². The Kier molecular flexibility index (Phi) is 4.70. The molecule has 8 nitrogen and oxygen atoms in total. The summed E-state index contributed by atoms with van der Waals surface area (Å²) in [6, 6.07) is 10.4. The molecule has 1 fully saturated rings. The molecule has 1 aliphatic heterocycles. The maximum atomic E-state index is 12.5. The molecule has 4 rings (SSSR count). The average Bonchev–Trinajstić information content (AvgIpc) is 3.06. The van der Waals surface area contributed by atoms with Gasteiger partial charge in [0.15, 0.2) is 11.2 Å². The highest BCUT2D eigenvalue weighted by Gasteiger charge is 2.25. The van der Waals surface area contributed by atoms with Gasteiger partial charge in [-0.15, -0.1) is 0 Å². The van der Waals surface area contributed by atoms with Crippen LogP contribution < -0.4 is 21.0 Å². The van der Waals surface area contributed by atoms with Gasteiger partial charge in [-0.3, -0.25) is 14.3 Å². The molecule has 3 heterocycles. The van der Waals surface area contributed by atoms with Crippen molar-refractivity contribution in [1.29, 1.82) is 0 Å². The largest absolute Gasteiger partial charge is 0.368 e. The number of aromatic amines is 1. The van der Waals surface area contributed by atoms with E-state index in [1.54, 1.807) is 7.05 Å². The summed E-state index contributed by atoms with van der Waals surface area (Å²) in [7, 11) is 1.64. The van der Waals surface area contributed by atoms with Gasteiger partial charge >= 0.3 is 5.69 Å². The quantitative estimate of drug-likeness (QED) is 0.738. The van der Waals surface area contributed by atoms with E-state index in [4.69, 9.17) is 4.98 Å². The zero-order chi connectivity index (χ0) is 19.8. The van der Waals surface area contributed by atoms with Crippen molar-refractivity contribution in [2.24, 2.45) is 13.0 Å². The van der Waals surface area contributed by atoms with Gasteiger partial charge in [0, 0.05) is 45.5 Å². The molecule has 1 aromatic carbocycles. The predicted molar refractivity (Wildman–Crippen MR) is 111 cm³/mol. The number of rotatable bonds is 4. The first-order valence-corrected chi connectivity index (χ1v) is 9.70. The maximum Gasteiger partial charge on any atom is 0.329 e. The second-order valence-corrected chi connectivity index (χ2v) is 7.72. The fourth-order valence-electron chi connectivity index (χ4n) is 3.81. The summed E-state index contributed by atoms with van der Waals surface area (Å²) in [5, 5.41) is 0. The minimum Gasteiger partial charge on any atom is -0.368 e. The number of anilines is 2. The summed E-state index contributed by atoms with van der Waals surface area (Å²) in [6.07, 6.45) is 0. The standard InChI is InChI=1S/C20H26N6O2/c1-14(2)13-26-16-17(23(3)20(28)22-18(16)27)21-19(26)25-11-9-24(10-12-25)15-7-5-4-6-8-15/h4-8,14H,9-13H2,1-3H3,(H,22,27,28). The molecule has 0 unspecified atom stereocenters. The Balaban J connectivity index is 1.71. The Labute approximate surface area is 163 Å². The highest BCUT2D eigenvalue weighted by Crippen LogP contribution is 2.24. The van der Waals surface area contributed by atoms with Gasteiger partial charge in [-0.25, -0.2) is 4.79 Å². The van der Waals surface area contributed by atoms with Crippen LogP contribution in [0.2, 0.25) is 0 Å². The van der Waals surface area contributed by atoms with E-state index < -0.39 is 5.69 Å². The van der Waals surface area contributed by atoms with Crippen molar-refractivity contribution >= 4 is 22.8 Å². The van der Waals surface area contributed by atoms with Crippen molar-refractivity contribution < 1.29 is 0 Å². The molecule has 2 aromatic heterocycles. The Morgan fingerprint density at radius 3 is 2.32 bits per heavy atom. The van der Waals surface area contributed by atoms with Crippen LogP contribution in [0.25, 0.3) is 11.2 Å². The van der Waals surface area contributed by atoms with Gasteiger partial charge in [0.25, 0.3) is 5.56 Å². The van der Waals surface area contributed by atoms with Crippen LogP contribution in [-0.4, -0.2) is 45.3 Å². The number of aromatic nitrogens is 4. The first kappa shape index (κ1) is 18.3. The van der Waals surface area contributed by atoms with Gasteiger partial charge in [-0.05, 0) is 18.1 Å². The Morgan fingerprint density at radius 1 is 1.04 bits per heavy atom. The average molecular weight is 382 g/mol. The SMILES string of the molecule is CC(C)Cn1c(N2CCN(c3ccccc3)CC2)nc2c1c(=O)[nH]c(=O)n2C. The molecular formula is C20H26N6O2. The van der Waals surface area contributed by atoms with Gasteiger partial charge in [0.2, 0.25) is 5.95 Å². The maximum absolute atomic E-state index is 12.5. The van der Waals surface area contributed by atoms with E-state index in [1.165, 1.54) is 10.3 Å². The molecule has 3 aromatic rings. The van der Waals surface area contributed by atoms with Crippen molar-refractivity contribution in [2.45, 2.75) is 20.4 Å². The molecule has 0 radical (unpaired) electrons. The van der Waals surface area contributed by atoms with Gasteiger partial charge in [0.1, 0.15) is 0 Å². The summed E-state index contributed by atoms with van der Waals surface area (Å²) in [6.45, 7) is 8.27. The number of benzene rings is 1. The number of fused-ring (bicyclic) bond motifs is 1.